The zero-order valence-corrected chi connectivity index (χ0v) is 10.0. The fraction of sp³-hybridized carbons (Fsp3) is 0.571. The summed E-state index contributed by atoms with van der Waals surface area (Å²) in [7, 11) is 0. The van der Waals surface area contributed by atoms with Gasteiger partial charge in [-0.05, 0) is 24.8 Å². The second kappa shape index (κ2) is 4.41. The van der Waals surface area contributed by atoms with E-state index in [2.05, 4.69) is 41.0 Å². The van der Waals surface area contributed by atoms with Crippen molar-refractivity contribution in [2.45, 2.75) is 36.9 Å². The van der Waals surface area contributed by atoms with Crippen molar-refractivity contribution in [2.75, 3.05) is 13.2 Å². The van der Waals surface area contributed by atoms with E-state index in [0.717, 1.165) is 19.4 Å². The Morgan fingerprint density at radius 1 is 1.29 bits per heavy atom. The van der Waals surface area contributed by atoms with Gasteiger partial charge in [0.15, 0.2) is 0 Å². The van der Waals surface area contributed by atoms with Crippen LogP contribution in [0.3, 0.4) is 0 Å². The number of piperazine rings is 1. The van der Waals surface area contributed by atoms with Crippen LogP contribution in [-0.4, -0.2) is 35.9 Å². The number of rotatable bonds is 3. The maximum Gasteiger partial charge on any atom is 0.0602 e. The first-order chi connectivity index (χ1) is 8.32. The minimum atomic E-state index is 0.0546. The predicted molar refractivity (Wildman–Crippen MR) is 67.9 cm³/mol. The van der Waals surface area contributed by atoms with Crippen LogP contribution in [0.4, 0.5) is 0 Å². The van der Waals surface area contributed by atoms with Crippen LogP contribution in [-0.2, 0) is 6.42 Å². The fourth-order valence-electron chi connectivity index (χ4n) is 3.35. The lowest BCUT2D eigenvalue weighted by molar-refractivity contribution is 0.136. The Balaban J connectivity index is 1.83. The molecule has 92 valence electrons. The summed E-state index contributed by atoms with van der Waals surface area (Å²) in [6.07, 6.45) is 3.38. The van der Waals surface area contributed by atoms with Crippen molar-refractivity contribution >= 4 is 0 Å². The molecule has 2 bridgehead atoms. The highest BCUT2D eigenvalue weighted by Gasteiger charge is 2.47. The van der Waals surface area contributed by atoms with Gasteiger partial charge in [0.05, 0.1) is 6.61 Å². The van der Waals surface area contributed by atoms with E-state index in [0.29, 0.717) is 6.04 Å². The number of nitrogens with one attached hydrogen (secondary N) is 2. The van der Waals surface area contributed by atoms with Gasteiger partial charge >= 0.3 is 0 Å². The smallest absolute Gasteiger partial charge is 0.0602 e. The quantitative estimate of drug-likeness (QED) is 0.718. The van der Waals surface area contributed by atoms with E-state index < -0.39 is 0 Å². The highest BCUT2D eigenvalue weighted by atomic mass is 16.3. The van der Waals surface area contributed by atoms with Crippen LogP contribution in [0.15, 0.2) is 30.3 Å². The summed E-state index contributed by atoms with van der Waals surface area (Å²) in [5, 5.41) is 16.8. The molecule has 2 aliphatic rings. The molecule has 2 saturated heterocycles. The molecule has 1 aromatic rings. The Kier molecular flexibility index (Phi) is 2.90. The van der Waals surface area contributed by atoms with E-state index in [1.165, 1.54) is 12.0 Å². The molecule has 3 rings (SSSR count). The van der Waals surface area contributed by atoms with Crippen molar-refractivity contribution in [3.8, 4) is 0 Å². The van der Waals surface area contributed by atoms with E-state index in [9.17, 15) is 5.11 Å². The lowest BCUT2D eigenvalue weighted by atomic mass is 9.82. The van der Waals surface area contributed by atoms with Gasteiger partial charge in [0.2, 0.25) is 0 Å². The lowest BCUT2D eigenvalue weighted by Gasteiger charge is -2.42. The summed E-state index contributed by atoms with van der Waals surface area (Å²) in [5.41, 5.74) is 1.40. The van der Waals surface area contributed by atoms with Crippen LogP contribution >= 0.6 is 0 Å². The third-order valence-electron chi connectivity index (χ3n) is 4.25. The Morgan fingerprint density at radius 3 is 2.88 bits per heavy atom. The predicted octanol–water partition coefficient (Wildman–Crippen LogP) is 0.684. The standard InChI is InChI=1S/C14H20N2O/c17-10-13-14(7-6-12(16-14)9-15-13)8-11-4-2-1-3-5-11/h1-5,12-13,15-17H,6-10H2/t12-,13-,14+/m0/s1. The molecule has 2 aliphatic heterocycles. The van der Waals surface area contributed by atoms with Crippen LogP contribution in [0, 0.1) is 0 Å². The van der Waals surface area contributed by atoms with E-state index in [1.807, 2.05) is 0 Å². The molecule has 0 unspecified atom stereocenters. The zero-order chi connectivity index (χ0) is 11.7. The molecular formula is C14H20N2O. The highest BCUT2D eigenvalue weighted by Crippen LogP contribution is 2.33. The number of aliphatic hydroxyl groups is 1. The van der Waals surface area contributed by atoms with Crippen LogP contribution in [0.2, 0.25) is 0 Å². The molecule has 3 N–H and O–H groups in total. The van der Waals surface area contributed by atoms with Gasteiger partial charge in [-0.25, -0.2) is 0 Å². The molecule has 3 nitrogen and oxygen atoms in total. The lowest BCUT2D eigenvalue weighted by Crippen LogP contribution is -2.66. The first-order valence-electron chi connectivity index (χ1n) is 6.48. The molecule has 3 heteroatoms. The van der Waals surface area contributed by atoms with Crippen LogP contribution in [0.1, 0.15) is 18.4 Å². The van der Waals surface area contributed by atoms with E-state index in [-0.39, 0.29) is 18.2 Å². The SMILES string of the molecule is OC[C@@H]1NC[C@@H]2CC[C@]1(Cc1ccccc1)N2. The van der Waals surface area contributed by atoms with Crippen LogP contribution in [0.5, 0.6) is 0 Å². The third kappa shape index (κ3) is 1.99. The Morgan fingerprint density at radius 2 is 2.12 bits per heavy atom. The molecule has 2 fully saturated rings. The molecule has 0 amide bonds. The summed E-state index contributed by atoms with van der Waals surface area (Å²) in [4.78, 5) is 0. The minimum Gasteiger partial charge on any atom is -0.395 e. The highest BCUT2D eigenvalue weighted by molar-refractivity contribution is 5.22. The normalized spacial score (nSPS) is 36.1. The molecule has 0 radical (unpaired) electrons. The number of hydrogen-bond acceptors (Lipinski definition) is 3. The summed E-state index contributed by atoms with van der Waals surface area (Å²) < 4.78 is 0. The monoisotopic (exact) mass is 232 g/mol. The van der Waals surface area contributed by atoms with Crippen molar-refractivity contribution in [1.29, 1.82) is 0 Å². The summed E-state index contributed by atoms with van der Waals surface area (Å²) in [5.74, 6) is 0. The number of aliphatic hydroxyl groups excluding tert-OH is 1. The first-order valence-corrected chi connectivity index (χ1v) is 6.48. The van der Waals surface area contributed by atoms with Crippen molar-refractivity contribution < 1.29 is 5.11 Å². The second-order valence-corrected chi connectivity index (χ2v) is 5.34. The van der Waals surface area contributed by atoms with E-state index in [1.54, 1.807) is 0 Å². The van der Waals surface area contributed by atoms with Crippen molar-refractivity contribution in [2.24, 2.45) is 0 Å². The topological polar surface area (TPSA) is 44.3 Å². The molecule has 0 aliphatic carbocycles. The average Bonchev–Trinajstić information content (AvgIpc) is 2.69. The average molecular weight is 232 g/mol. The van der Waals surface area contributed by atoms with Gasteiger partial charge in [0.1, 0.15) is 0 Å². The summed E-state index contributed by atoms with van der Waals surface area (Å²) in [6.45, 7) is 1.20. The van der Waals surface area contributed by atoms with Gasteiger partial charge in [0.25, 0.3) is 0 Å². The largest absolute Gasteiger partial charge is 0.395 e. The van der Waals surface area contributed by atoms with Crippen molar-refractivity contribution in [3.63, 3.8) is 0 Å². The van der Waals surface area contributed by atoms with Gasteiger partial charge in [-0.15, -0.1) is 0 Å². The zero-order valence-electron chi connectivity index (χ0n) is 10.0. The molecule has 3 atom stereocenters. The molecule has 0 saturated carbocycles. The van der Waals surface area contributed by atoms with Crippen LogP contribution in [0.25, 0.3) is 0 Å². The fourth-order valence-corrected chi connectivity index (χ4v) is 3.35. The Hall–Kier alpha value is -0.900. The number of benzene rings is 1. The van der Waals surface area contributed by atoms with Gasteiger partial charge in [-0.2, -0.15) is 0 Å². The first kappa shape index (κ1) is 11.2. The second-order valence-electron chi connectivity index (χ2n) is 5.34. The van der Waals surface area contributed by atoms with E-state index in [4.69, 9.17) is 0 Å². The minimum absolute atomic E-state index is 0.0546. The number of hydrogen-bond donors (Lipinski definition) is 3. The maximum atomic E-state index is 9.55. The summed E-state index contributed by atoms with van der Waals surface area (Å²) in [6, 6.07) is 11.3. The third-order valence-corrected chi connectivity index (χ3v) is 4.25. The summed E-state index contributed by atoms with van der Waals surface area (Å²) >= 11 is 0. The van der Waals surface area contributed by atoms with Crippen molar-refractivity contribution in [1.82, 2.24) is 10.6 Å². The molecule has 0 spiro atoms. The van der Waals surface area contributed by atoms with E-state index >= 15 is 0 Å². The van der Waals surface area contributed by atoms with Gasteiger partial charge < -0.3 is 15.7 Å². The number of fused-ring (bicyclic) bond motifs is 2. The van der Waals surface area contributed by atoms with Gasteiger partial charge in [-0.1, -0.05) is 30.3 Å². The molecule has 2 heterocycles. The molecule has 1 aromatic carbocycles. The molecule has 0 aromatic heterocycles. The molecular weight excluding hydrogens is 212 g/mol. The van der Waals surface area contributed by atoms with Gasteiger partial charge in [-0.3, -0.25) is 0 Å². The van der Waals surface area contributed by atoms with Gasteiger partial charge in [0, 0.05) is 24.2 Å². The van der Waals surface area contributed by atoms with Crippen LogP contribution < -0.4 is 10.6 Å². The Bertz CT molecular complexity index is 381. The van der Waals surface area contributed by atoms with Crippen molar-refractivity contribution in [3.05, 3.63) is 35.9 Å². The molecule has 17 heavy (non-hydrogen) atoms. The Labute approximate surface area is 102 Å². The maximum absolute atomic E-state index is 9.55.